The van der Waals surface area contributed by atoms with E-state index in [0.717, 1.165) is 0 Å². The van der Waals surface area contributed by atoms with Crippen LogP contribution in [0.1, 0.15) is 5.56 Å². The van der Waals surface area contributed by atoms with Gasteiger partial charge in [0.2, 0.25) is 0 Å². The molecule has 0 aromatic heterocycles. The second-order valence-electron chi connectivity index (χ2n) is 4.15. The molecule has 0 aliphatic rings. The molecule has 110 valence electrons. The highest BCUT2D eigenvalue weighted by Crippen LogP contribution is 2.34. The van der Waals surface area contributed by atoms with Crippen molar-refractivity contribution in [1.82, 2.24) is 0 Å². The van der Waals surface area contributed by atoms with Crippen LogP contribution < -0.4 is 20.6 Å². The van der Waals surface area contributed by atoms with E-state index >= 15 is 0 Å². The van der Waals surface area contributed by atoms with Gasteiger partial charge in [0.15, 0.2) is 5.84 Å². The molecule has 2 rings (SSSR count). The van der Waals surface area contributed by atoms with E-state index in [0.29, 0.717) is 28.6 Å². The zero-order chi connectivity index (χ0) is 15.2. The molecule has 2 aromatic rings. The van der Waals surface area contributed by atoms with E-state index in [-0.39, 0.29) is 5.82 Å². The quantitative estimate of drug-likeness (QED) is 0.393. The van der Waals surface area contributed by atoms with Crippen molar-refractivity contribution >= 4 is 11.5 Å². The van der Waals surface area contributed by atoms with Gasteiger partial charge in [0.05, 0.1) is 14.2 Å². The van der Waals surface area contributed by atoms with Crippen LogP contribution in [0.3, 0.4) is 0 Å². The molecule has 0 unspecified atom stereocenters. The highest BCUT2D eigenvalue weighted by molar-refractivity contribution is 6.09. The lowest BCUT2D eigenvalue weighted by molar-refractivity contribution is 0.398. The Hall–Kier alpha value is -2.76. The smallest absolute Gasteiger partial charge is 0.157 e. The van der Waals surface area contributed by atoms with E-state index in [9.17, 15) is 4.39 Å². The first-order valence-corrected chi connectivity index (χ1v) is 6.21. The van der Waals surface area contributed by atoms with Gasteiger partial charge in [-0.2, -0.15) is 5.10 Å². The molecule has 5 nitrogen and oxygen atoms in total. The largest absolute Gasteiger partial charge is 0.494 e. The minimum absolute atomic E-state index is 0.329. The zero-order valence-corrected chi connectivity index (χ0v) is 11.8. The van der Waals surface area contributed by atoms with E-state index in [1.54, 1.807) is 44.6 Å². The van der Waals surface area contributed by atoms with Gasteiger partial charge in [-0.3, -0.25) is 0 Å². The molecular weight excluding hydrogens is 273 g/mol. The Bertz CT molecular complexity index is 620. The van der Waals surface area contributed by atoms with E-state index in [1.165, 1.54) is 12.1 Å². The summed E-state index contributed by atoms with van der Waals surface area (Å²) < 4.78 is 23.6. The molecule has 0 amide bonds. The first kappa shape index (κ1) is 14.6. The number of amidine groups is 1. The molecule has 3 N–H and O–H groups in total. The maximum atomic E-state index is 13.0. The van der Waals surface area contributed by atoms with Crippen molar-refractivity contribution in [3.8, 4) is 11.5 Å². The number of methoxy groups -OCH3 is 2. The summed E-state index contributed by atoms with van der Waals surface area (Å²) in [6.07, 6.45) is 0. The summed E-state index contributed by atoms with van der Waals surface area (Å²) >= 11 is 0. The molecule has 0 saturated carbocycles. The van der Waals surface area contributed by atoms with Crippen LogP contribution in [0.15, 0.2) is 47.6 Å². The Morgan fingerprint density at radius 1 is 1.05 bits per heavy atom. The standard InChI is InChI=1S/C15H16FN3O2/c1-20-12-4-3-5-13(21-2)14(12)18-15(19-17)10-6-8-11(16)9-7-10/h3-9H,17H2,1-2H3,(H,18,19). The molecule has 0 fully saturated rings. The number of ether oxygens (including phenoxy) is 2. The molecule has 6 heteroatoms. The third-order valence-corrected chi connectivity index (χ3v) is 2.92. The Morgan fingerprint density at radius 2 is 1.62 bits per heavy atom. The van der Waals surface area contributed by atoms with E-state index in [2.05, 4.69) is 10.4 Å². The highest BCUT2D eigenvalue weighted by atomic mass is 19.1. The van der Waals surface area contributed by atoms with Gasteiger partial charge < -0.3 is 20.6 Å². The maximum absolute atomic E-state index is 13.0. The summed E-state index contributed by atoms with van der Waals surface area (Å²) in [6.45, 7) is 0. The third-order valence-electron chi connectivity index (χ3n) is 2.92. The molecule has 0 radical (unpaired) electrons. The highest BCUT2D eigenvalue weighted by Gasteiger charge is 2.13. The summed E-state index contributed by atoms with van der Waals surface area (Å²) in [4.78, 5) is 0. The SMILES string of the molecule is COc1cccc(OC)c1NC(=NN)c1ccc(F)cc1. The molecule has 0 bridgehead atoms. The van der Waals surface area contributed by atoms with E-state index < -0.39 is 0 Å². The van der Waals surface area contributed by atoms with Crippen LogP contribution in [0.25, 0.3) is 0 Å². The Balaban J connectivity index is 2.37. The number of rotatable bonds is 4. The predicted octanol–water partition coefficient (Wildman–Crippen LogP) is 2.58. The van der Waals surface area contributed by atoms with Crippen molar-refractivity contribution in [1.29, 1.82) is 0 Å². The number of hydrogen-bond acceptors (Lipinski definition) is 4. The van der Waals surface area contributed by atoms with Crippen molar-refractivity contribution in [2.24, 2.45) is 10.9 Å². The lowest BCUT2D eigenvalue weighted by Crippen LogP contribution is -2.17. The van der Waals surface area contributed by atoms with Crippen molar-refractivity contribution in [2.75, 3.05) is 19.5 Å². The molecule has 2 aromatic carbocycles. The number of nitrogens with zero attached hydrogens (tertiary/aromatic N) is 1. The Morgan fingerprint density at radius 3 is 2.10 bits per heavy atom. The van der Waals surface area contributed by atoms with Gasteiger partial charge in [0.25, 0.3) is 0 Å². The van der Waals surface area contributed by atoms with Gasteiger partial charge in [-0.15, -0.1) is 0 Å². The van der Waals surface area contributed by atoms with Crippen molar-refractivity contribution in [3.63, 3.8) is 0 Å². The third kappa shape index (κ3) is 3.22. The number of nitrogens with one attached hydrogen (secondary N) is 1. The van der Waals surface area contributed by atoms with Gasteiger partial charge in [-0.05, 0) is 36.4 Å². The van der Waals surface area contributed by atoms with Crippen LogP contribution in [0.5, 0.6) is 11.5 Å². The average molecular weight is 289 g/mol. The fourth-order valence-electron chi connectivity index (χ4n) is 1.88. The van der Waals surface area contributed by atoms with E-state index in [1.807, 2.05) is 0 Å². The van der Waals surface area contributed by atoms with Crippen molar-refractivity contribution in [2.45, 2.75) is 0 Å². The van der Waals surface area contributed by atoms with Crippen LogP contribution in [0.2, 0.25) is 0 Å². The summed E-state index contributed by atoms with van der Waals surface area (Å²) in [5, 5.41) is 6.76. The Kier molecular flexibility index (Phi) is 4.61. The van der Waals surface area contributed by atoms with Crippen LogP contribution in [0.4, 0.5) is 10.1 Å². The minimum Gasteiger partial charge on any atom is -0.494 e. The molecule has 0 aliphatic carbocycles. The number of benzene rings is 2. The minimum atomic E-state index is -0.329. The number of para-hydroxylation sites is 1. The van der Waals surface area contributed by atoms with Gasteiger partial charge in [-0.1, -0.05) is 6.07 Å². The van der Waals surface area contributed by atoms with Gasteiger partial charge in [0, 0.05) is 5.56 Å². The van der Waals surface area contributed by atoms with Crippen molar-refractivity contribution in [3.05, 3.63) is 53.8 Å². The number of hydrazone groups is 1. The Labute approximate surface area is 122 Å². The number of anilines is 1. The molecule has 0 spiro atoms. The normalized spacial score (nSPS) is 11.1. The van der Waals surface area contributed by atoms with Crippen LogP contribution in [-0.4, -0.2) is 20.1 Å². The fourth-order valence-corrected chi connectivity index (χ4v) is 1.88. The maximum Gasteiger partial charge on any atom is 0.157 e. The van der Waals surface area contributed by atoms with Gasteiger partial charge >= 0.3 is 0 Å². The second-order valence-corrected chi connectivity index (χ2v) is 4.15. The molecule has 0 aliphatic heterocycles. The summed E-state index contributed by atoms with van der Waals surface area (Å²) in [5.74, 6) is 6.63. The van der Waals surface area contributed by atoms with Crippen LogP contribution in [0, 0.1) is 5.82 Å². The summed E-state index contributed by atoms with van der Waals surface area (Å²) in [5.41, 5.74) is 1.24. The first-order valence-electron chi connectivity index (χ1n) is 6.21. The molecule has 0 saturated heterocycles. The number of halogens is 1. The number of hydrogen-bond donors (Lipinski definition) is 2. The lowest BCUT2D eigenvalue weighted by atomic mass is 10.2. The van der Waals surface area contributed by atoms with Gasteiger partial charge in [0.1, 0.15) is 23.0 Å². The topological polar surface area (TPSA) is 68.9 Å². The lowest BCUT2D eigenvalue weighted by Gasteiger charge is -2.15. The number of nitrogens with two attached hydrogens (primary N) is 1. The zero-order valence-electron chi connectivity index (χ0n) is 11.8. The van der Waals surface area contributed by atoms with Gasteiger partial charge in [-0.25, -0.2) is 4.39 Å². The predicted molar refractivity (Wildman–Crippen MR) is 80.3 cm³/mol. The van der Waals surface area contributed by atoms with Crippen molar-refractivity contribution < 1.29 is 13.9 Å². The molecule has 21 heavy (non-hydrogen) atoms. The van der Waals surface area contributed by atoms with E-state index in [4.69, 9.17) is 15.3 Å². The molecule has 0 atom stereocenters. The summed E-state index contributed by atoms with van der Waals surface area (Å²) in [7, 11) is 3.11. The van der Waals surface area contributed by atoms with Crippen LogP contribution >= 0.6 is 0 Å². The summed E-state index contributed by atoms with van der Waals surface area (Å²) in [6, 6.07) is 11.2. The molecular formula is C15H16FN3O2. The second kappa shape index (κ2) is 6.60. The first-order chi connectivity index (χ1) is 10.2. The molecule has 0 heterocycles. The monoisotopic (exact) mass is 289 g/mol. The average Bonchev–Trinajstić information content (AvgIpc) is 2.53. The fraction of sp³-hybridized carbons (Fsp3) is 0.133. The van der Waals surface area contributed by atoms with Crippen LogP contribution in [-0.2, 0) is 0 Å².